The molecule has 0 saturated heterocycles. The van der Waals surface area contributed by atoms with Crippen molar-refractivity contribution in [1.82, 2.24) is 7.96 Å². The molecule has 3 nitrogen and oxygen atoms in total. The minimum absolute atomic E-state index is 0.118. The van der Waals surface area contributed by atoms with Crippen molar-refractivity contribution in [2.75, 3.05) is 5.32 Å². The van der Waals surface area contributed by atoms with Gasteiger partial charge in [-0.3, -0.25) is 0 Å². The fourth-order valence-electron chi connectivity index (χ4n) is 2.08. The van der Waals surface area contributed by atoms with Crippen molar-refractivity contribution >= 4 is 31.7 Å². The molecule has 0 aliphatic carbocycles. The minimum atomic E-state index is -0.448. The van der Waals surface area contributed by atoms with E-state index in [-0.39, 0.29) is 21.0 Å². The quantitative estimate of drug-likeness (QED) is 0.746. The molecule has 1 atom stereocenters. The zero-order valence-electron chi connectivity index (χ0n) is 10.6. The zero-order valence-corrected chi connectivity index (χ0v) is 12.3. The van der Waals surface area contributed by atoms with Crippen LogP contribution in [0.2, 0.25) is 0 Å². The van der Waals surface area contributed by atoms with Gasteiger partial charge in [0, 0.05) is 0 Å². The number of halogens is 2. The number of hydrogen-bond acceptors (Lipinski definition) is 3. The average Bonchev–Trinajstić information content (AvgIpc) is 2.91. The maximum absolute atomic E-state index is 13.8. The van der Waals surface area contributed by atoms with E-state index >= 15 is 0 Å². The zero-order chi connectivity index (χ0) is 14.1. The van der Waals surface area contributed by atoms with Crippen LogP contribution in [0.5, 0.6) is 0 Å². The molecule has 3 aromatic rings. The number of rotatable bonds is 3. The fraction of sp³-hybridized carbons (Fsp3) is 0.143. The average molecular weight is 338 g/mol. The fourth-order valence-corrected chi connectivity index (χ4v) is 3.23. The molecule has 1 unspecified atom stereocenters. The van der Waals surface area contributed by atoms with Gasteiger partial charge in [0.25, 0.3) is 0 Å². The third-order valence-corrected chi connectivity index (χ3v) is 4.22. The molecule has 0 radical (unpaired) electrons. The standard InChI is InChI=1S/C14H11F2N3Se/c1-8(10-7-9(15)5-6-11(10)16)17-12-3-2-4-13-14(12)19-20-18-13/h2-8,17H,1H3. The number of fused-ring (bicyclic) bond motifs is 1. The molecule has 6 heteroatoms. The van der Waals surface area contributed by atoms with E-state index in [4.69, 9.17) is 0 Å². The van der Waals surface area contributed by atoms with Gasteiger partial charge in [0.05, 0.1) is 0 Å². The normalized spacial score (nSPS) is 12.6. The van der Waals surface area contributed by atoms with Crippen LogP contribution in [-0.2, 0) is 0 Å². The topological polar surface area (TPSA) is 37.8 Å². The Kier molecular flexibility index (Phi) is 3.51. The van der Waals surface area contributed by atoms with E-state index in [1.54, 1.807) is 6.92 Å². The van der Waals surface area contributed by atoms with Crippen LogP contribution in [0, 0.1) is 11.6 Å². The molecule has 0 spiro atoms. The van der Waals surface area contributed by atoms with Crippen LogP contribution in [0.25, 0.3) is 11.0 Å². The Balaban J connectivity index is 1.94. The monoisotopic (exact) mass is 339 g/mol. The number of anilines is 1. The van der Waals surface area contributed by atoms with E-state index in [1.165, 1.54) is 6.07 Å². The number of hydrogen-bond donors (Lipinski definition) is 1. The molecule has 0 saturated carbocycles. The number of nitrogens with one attached hydrogen (secondary N) is 1. The van der Waals surface area contributed by atoms with Crippen molar-refractivity contribution in [2.24, 2.45) is 0 Å². The number of nitrogens with zero attached hydrogens (tertiary/aromatic N) is 2. The van der Waals surface area contributed by atoms with Gasteiger partial charge in [0.1, 0.15) is 0 Å². The van der Waals surface area contributed by atoms with Crippen molar-refractivity contribution in [1.29, 1.82) is 0 Å². The molecular formula is C14H11F2N3Se. The summed E-state index contributed by atoms with van der Waals surface area (Å²) in [6.45, 7) is 1.79. The first-order chi connectivity index (χ1) is 9.65. The van der Waals surface area contributed by atoms with Gasteiger partial charge in [0.2, 0.25) is 0 Å². The van der Waals surface area contributed by atoms with Gasteiger partial charge in [-0.15, -0.1) is 0 Å². The van der Waals surface area contributed by atoms with Gasteiger partial charge in [0.15, 0.2) is 0 Å². The molecule has 2 aromatic carbocycles. The van der Waals surface area contributed by atoms with E-state index in [0.29, 0.717) is 5.56 Å². The SMILES string of the molecule is CC(Nc1cccc2n[se]nc12)c1cc(F)ccc1F. The van der Waals surface area contributed by atoms with Gasteiger partial charge in [-0.25, -0.2) is 0 Å². The van der Waals surface area contributed by atoms with Gasteiger partial charge < -0.3 is 0 Å². The Morgan fingerprint density at radius 1 is 1.15 bits per heavy atom. The summed E-state index contributed by atoms with van der Waals surface area (Å²) in [6, 6.07) is 8.74. The molecule has 1 aromatic heterocycles. The Labute approximate surface area is 120 Å². The molecule has 0 fully saturated rings. The van der Waals surface area contributed by atoms with E-state index in [1.807, 2.05) is 18.2 Å². The summed E-state index contributed by atoms with van der Waals surface area (Å²) in [4.78, 5) is 0. The van der Waals surface area contributed by atoms with Crippen LogP contribution in [0.1, 0.15) is 18.5 Å². The van der Waals surface area contributed by atoms with Crippen molar-refractivity contribution in [3.8, 4) is 0 Å². The van der Waals surface area contributed by atoms with Crippen molar-refractivity contribution < 1.29 is 8.78 Å². The molecule has 0 amide bonds. The van der Waals surface area contributed by atoms with E-state index in [9.17, 15) is 8.78 Å². The molecule has 0 bridgehead atoms. The van der Waals surface area contributed by atoms with Gasteiger partial charge in [-0.1, -0.05) is 0 Å². The molecule has 3 rings (SSSR count). The summed E-state index contributed by atoms with van der Waals surface area (Å²) in [5, 5.41) is 3.18. The summed E-state index contributed by atoms with van der Waals surface area (Å²) in [5.74, 6) is -0.874. The Morgan fingerprint density at radius 3 is 2.85 bits per heavy atom. The van der Waals surface area contributed by atoms with Crippen LogP contribution in [0.4, 0.5) is 14.5 Å². The summed E-state index contributed by atoms with van der Waals surface area (Å²) < 4.78 is 35.6. The van der Waals surface area contributed by atoms with Crippen LogP contribution < -0.4 is 5.32 Å². The third-order valence-electron chi connectivity index (χ3n) is 3.08. The van der Waals surface area contributed by atoms with Crippen molar-refractivity contribution in [3.63, 3.8) is 0 Å². The number of benzene rings is 2. The Hall–Kier alpha value is -1.78. The van der Waals surface area contributed by atoms with E-state index in [0.717, 1.165) is 28.9 Å². The second-order valence-electron chi connectivity index (χ2n) is 4.47. The van der Waals surface area contributed by atoms with Crippen LogP contribution in [0.15, 0.2) is 36.4 Å². The summed E-state index contributed by atoms with van der Waals surface area (Å²) >= 11 is -0.118. The van der Waals surface area contributed by atoms with Gasteiger partial charge in [-0.05, 0) is 0 Å². The Bertz CT molecular complexity index is 757. The molecule has 102 valence electrons. The van der Waals surface area contributed by atoms with Crippen LogP contribution in [0.3, 0.4) is 0 Å². The molecular weight excluding hydrogens is 327 g/mol. The summed E-state index contributed by atoms with van der Waals surface area (Å²) in [5.41, 5.74) is 2.74. The van der Waals surface area contributed by atoms with Crippen LogP contribution in [-0.4, -0.2) is 22.9 Å². The molecule has 0 aliphatic rings. The van der Waals surface area contributed by atoms with Gasteiger partial charge >= 0.3 is 120 Å². The second kappa shape index (κ2) is 5.31. The molecule has 20 heavy (non-hydrogen) atoms. The number of aromatic nitrogens is 2. The first kappa shape index (κ1) is 13.2. The third kappa shape index (κ3) is 2.44. The van der Waals surface area contributed by atoms with Gasteiger partial charge in [-0.2, -0.15) is 0 Å². The second-order valence-corrected chi connectivity index (χ2v) is 5.58. The summed E-state index contributed by atoms with van der Waals surface area (Å²) in [6.07, 6.45) is 0. The van der Waals surface area contributed by atoms with E-state index in [2.05, 4.69) is 13.3 Å². The first-order valence-corrected chi connectivity index (χ1v) is 7.61. The molecule has 1 heterocycles. The summed E-state index contributed by atoms with van der Waals surface area (Å²) in [7, 11) is 0. The maximum atomic E-state index is 13.8. The molecule has 1 N–H and O–H groups in total. The predicted molar refractivity (Wildman–Crippen MR) is 74.9 cm³/mol. The van der Waals surface area contributed by atoms with Crippen molar-refractivity contribution in [2.45, 2.75) is 13.0 Å². The van der Waals surface area contributed by atoms with Crippen molar-refractivity contribution in [3.05, 3.63) is 53.6 Å². The predicted octanol–water partition coefficient (Wildman–Crippen LogP) is 3.14. The molecule has 0 aliphatic heterocycles. The van der Waals surface area contributed by atoms with Crippen LogP contribution >= 0.6 is 0 Å². The first-order valence-electron chi connectivity index (χ1n) is 6.08. The Morgan fingerprint density at radius 2 is 2.00 bits per heavy atom. The van der Waals surface area contributed by atoms with E-state index < -0.39 is 11.6 Å².